The number of hydrogen-bond acceptors (Lipinski definition) is 7. The Morgan fingerprint density at radius 1 is 1.06 bits per heavy atom. The van der Waals surface area contributed by atoms with Crippen LogP contribution in [0.1, 0.15) is 35.3 Å². The number of hydrogen-bond donors (Lipinski definition) is 1. The third-order valence-corrected chi connectivity index (χ3v) is 5.80. The number of fused-ring (bicyclic) bond motifs is 1. The third kappa shape index (κ3) is 4.10. The molecule has 3 aromatic heterocycles. The molecule has 176 valence electrons. The van der Waals surface area contributed by atoms with Gasteiger partial charge in [0.2, 0.25) is 5.82 Å². The Labute approximate surface area is 200 Å². The number of H-pyrrole nitrogens is 1. The molecular weight excluding hydrogens is 446 g/mol. The number of ether oxygens (including phenoxy) is 1. The fourth-order valence-electron chi connectivity index (χ4n) is 4.12. The number of aromatic amines is 1. The van der Waals surface area contributed by atoms with Crippen LogP contribution in [-0.2, 0) is 17.7 Å². The first-order valence-electron chi connectivity index (χ1n) is 11.3. The molecule has 10 nitrogen and oxygen atoms in total. The number of carbonyl (C=O) groups excluding carboxylic acids is 1. The minimum absolute atomic E-state index is 0.234. The van der Waals surface area contributed by atoms with E-state index in [2.05, 4.69) is 25.7 Å². The lowest BCUT2D eigenvalue weighted by molar-refractivity contribution is 0.0528. The molecule has 35 heavy (non-hydrogen) atoms. The van der Waals surface area contributed by atoms with E-state index in [1.165, 1.54) is 10.7 Å². The van der Waals surface area contributed by atoms with Crippen LogP contribution in [-0.4, -0.2) is 47.4 Å². The maximum Gasteiger partial charge on any atom is 0.343 e. The Morgan fingerprint density at radius 2 is 1.83 bits per heavy atom. The molecule has 0 atom stereocenters. The lowest BCUT2D eigenvalue weighted by Gasteiger charge is -2.13. The molecule has 0 aliphatic heterocycles. The van der Waals surface area contributed by atoms with E-state index in [1.54, 1.807) is 13.1 Å². The Hall–Kier alpha value is -4.60. The van der Waals surface area contributed by atoms with Crippen LogP contribution in [0.3, 0.4) is 0 Å². The molecule has 0 spiro atoms. The standard InChI is InChI=1S/C25H23N7O3/c1-3-17-15-31(23-21(25(34)35-4-2)13-26-32(23)24(17)33)14-16-9-11-18(12-10-16)19-7-5-6-8-20(19)22-27-29-30-28-22/h5-13,15H,3-4,14H2,1-2H3,(H,27,28,29,30). The molecule has 1 N–H and O–H groups in total. The lowest BCUT2D eigenvalue weighted by atomic mass is 9.98. The summed E-state index contributed by atoms with van der Waals surface area (Å²) in [4.78, 5) is 25.3. The topological polar surface area (TPSA) is 120 Å². The molecule has 0 saturated heterocycles. The number of tetrazole rings is 1. The highest BCUT2D eigenvalue weighted by Gasteiger charge is 2.20. The Bertz CT molecular complexity index is 1550. The number of esters is 1. The number of nitrogens with one attached hydrogen (secondary N) is 1. The van der Waals surface area contributed by atoms with E-state index < -0.39 is 5.97 Å². The highest BCUT2D eigenvalue weighted by atomic mass is 16.5. The van der Waals surface area contributed by atoms with Crippen molar-refractivity contribution in [1.82, 2.24) is 34.8 Å². The summed E-state index contributed by atoms with van der Waals surface area (Å²) in [7, 11) is 0. The molecule has 2 aromatic carbocycles. The van der Waals surface area contributed by atoms with Crippen molar-refractivity contribution in [2.45, 2.75) is 26.8 Å². The average Bonchev–Trinajstić information content (AvgIpc) is 3.57. The Morgan fingerprint density at radius 3 is 2.51 bits per heavy atom. The normalized spacial score (nSPS) is 11.1. The molecule has 0 aliphatic carbocycles. The van der Waals surface area contributed by atoms with E-state index in [0.717, 1.165) is 22.3 Å². The van der Waals surface area contributed by atoms with Gasteiger partial charge in [-0.3, -0.25) is 4.79 Å². The molecule has 0 saturated carbocycles. The lowest BCUT2D eigenvalue weighted by Crippen LogP contribution is -2.23. The molecule has 0 amide bonds. The van der Waals surface area contributed by atoms with Gasteiger partial charge in [-0.1, -0.05) is 55.5 Å². The first-order valence-corrected chi connectivity index (χ1v) is 11.3. The Balaban J connectivity index is 1.53. The van der Waals surface area contributed by atoms with E-state index >= 15 is 0 Å². The van der Waals surface area contributed by atoms with Gasteiger partial charge in [-0.25, -0.2) is 4.79 Å². The smallest absolute Gasteiger partial charge is 0.343 e. The van der Waals surface area contributed by atoms with Crippen molar-refractivity contribution in [1.29, 1.82) is 0 Å². The van der Waals surface area contributed by atoms with Gasteiger partial charge in [-0.05, 0) is 35.2 Å². The van der Waals surface area contributed by atoms with Crippen LogP contribution in [0.15, 0.2) is 65.7 Å². The molecule has 0 bridgehead atoms. The first kappa shape index (κ1) is 22.2. The van der Waals surface area contributed by atoms with Crippen molar-refractivity contribution in [3.63, 3.8) is 0 Å². The highest BCUT2D eigenvalue weighted by Crippen LogP contribution is 2.30. The quantitative estimate of drug-likeness (QED) is 0.364. The fraction of sp³-hybridized carbons (Fsp3) is 0.200. The average molecular weight is 470 g/mol. The summed E-state index contributed by atoms with van der Waals surface area (Å²) >= 11 is 0. The zero-order chi connectivity index (χ0) is 24.4. The SMILES string of the molecule is CCOC(=O)c1cnn2c(=O)c(CC)cn(Cc3ccc(-c4ccccc4-c4nn[nH]n4)cc3)c12. The minimum Gasteiger partial charge on any atom is -0.462 e. The molecule has 0 fully saturated rings. The monoisotopic (exact) mass is 469 g/mol. The highest BCUT2D eigenvalue weighted by molar-refractivity contribution is 5.95. The van der Waals surface area contributed by atoms with Crippen molar-refractivity contribution in [3.8, 4) is 22.5 Å². The number of carbonyl (C=O) groups is 1. The summed E-state index contributed by atoms with van der Waals surface area (Å²) < 4.78 is 8.33. The minimum atomic E-state index is -0.506. The van der Waals surface area contributed by atoms with E-state index in [1.807, 2.05) is 60.0 Å². The first-order chi connectivity index (χ1) is 17.1. The van der Waals surface area contributed by atoms with Gasteiger partial charge in [-0.15, -0.1) is 10.2 Å². The maximum atomic E-state index is 12.8. The maximum absolute atomic E-state index is 12.8. The molecule has 5 aromatic rings. The Kier molecular flexibility index (Phi) is 5.92. The van der Waals surface area contributed by atoms with Crippen LogP contribution in [0.25, 0.3) is 28.2 Å². The van der Waals surface area contributed by atoms with Gasteiger partial charge in [0.25, 0.3) is 5.56 Å². The number of rotatable bonds is 7. The van der Waals surface area contributed by atoms with Crippen LogP contribution in [0.4, 0.5) is 0 Å². The molecule has 0 aliphatic rings. The zero-order valence-corrected chi connectivity index (χ0v) is 19.3. The van der Waals surface area contributed by atoms with Gasteiger partial charge in [-0.2, -0.15) is 14.8 Å². The van der Waals surface area contributed by atoms with Crippen LogP contribution in [0.2, 0.25) is 0 Å². The number of benzene rings is 2. The van der Waals surface area contributed by atoms with Crippen LogP contribution in [0.5, 0.6) is 0 Å². The summed E-state index contributed by atoms with van der Waals surface area (Å²) in [5.41, 5.74) is 4.92. The van der Waals surface area contributed by atoms with Gasteiger partial charge in [0, 0.05) is 23.9 Å². The van der Waals surface area contributed by atoms with Gasteiger partial charge in [0.05, 0.1) is 12.8 Å². The van der Waals surface area contributed by atoms with Crippen molar-refractivity contribution < 1.29 is 9.53 Å². The number of aromatic nitrogens is 7. The van der Waals surface area contributed by atoms with E-state index in [9.17, 15) is 9.59 Å². The summed E-state index contributed by atoms with van der Waals surface area (Å²) in [5, 5.41) is 18.6. The zero-order valence-electron chi connectivity index (χ0n) is 19.3. The van der Waals surface area contributed by atoms with Crippen molar-refractivity contribution in [2.24, 2.45) is 0 Å². The predicted octanol–water partition coefficient (Wildman–Crippen LogP) is 3.13. The van der Waals surface area contributed by atoms with Gasteiger partial charge in [0.15, 0.2) is 5.65 Å². The van der Waals surface area contributed by atoms with Gasteiger partial charge >= 0.3 is 5.97 Å². The summed E-state index contributed by atoms with van der Waals surface area (Å²) in [6.07, 6.45) is 3.74. The fourth-order valence-corrected chi connectivity index (χ4v) is 4.12. The second kappa shape index (κ2) is 9.34. The number of aryl methyl sites for hydroxylation is 1. The third-order valence-electron chi connectivity index (χ3n) is 5.80. The van der Waals surface area contributed by atoms with Gasteiger partial charge in [0.1, 0.15) is 5.56 Å². The molecule has 0 radical (unpaired) electrons. The second-order valence-corrected chi connectivity index (χ2v) is 7.93. The van der Waals surface area contributed by atoms with Crippen molar-refractivity contribution in [2.75, 3.05) is 6.61 Å². The largest absolute Gasteiger partial charge is 0.462 e. The van der Waals surface area contributed by atoms with Crippen LogP contribution in [0, 0.1) is 0 Å². The van der Waals surface area contributed by atoms with E-state index in [0.29, 0.717) is 30.0 Å². The van der Waals surface area contributed by atoms with Crippen LogP contribution < -0.4 is 5.56 Å². The molecule has 5 rings (SSSR count). The second-order valence-electron chi connectivity index (χ2n) is 7.93. The predicted molar refractivity (Wildman–Crippen MR) is 129 cm³/mol. The molecule has 10 heteroatoms. The summed E-state index contributed by atoms with van der Waals surface area (Å²) in [6.45, 7) is 4.34. The molecule has 0 unspecified atom stereocenters. The summed E-state index contributed by atoms with van der Waals surface area (Å²) in [6, 6.07) is 15.9. The molecule has 3 heterocycles. The van der Waals surface area contributed by atoms with E-state index in [4.69, 9.17) is 4.74 Å². The van der Waals surface area contributed by atoms with Crippen molar-refractivity contribution in [3.05, 3.63) is 88.0 Å². The van der Waals surface area contributed by atoms with Crippen LogP contribution >= 0.6 is 0 Å². The van der Waals surface area contributed by atoms with Crippen molar-refractivity contribution >= 4 is 11.6 Å². The summed E-state index contributed by atoms with van der Waals surface area (Å²) in [5.74, 6) is 0.0213. The molecular formula is C25H23N7O3. The van der Waals surface area contributed by atoms with Gasteiger partial charge < -0.3 is 9.30 Å². The number of nitrogens with zero attached hydrogens (tertiary/aromatic N) is 6. The van der Waals surface area contributed by atoms with E-state index in [-0.39, 0.29) is 17.7 Å².